The largest absolute Gasteiger partial charge is 0.429 e. The zero-order valence-electron chi connectivity index (χ0n) is 16.4. The number of nitriles is 1. The van der Waals surface area contributed by atoms with E-state index in [-0.39, 0.29) is 16.9 Å². The molecule has 2 nitrogen and oxygen atoms in total. The third kappa shape index (κ3) is 5.20. The van der Waals surface area contributed by atoms with Crippen molar-refractivity contribution in [3.05, 3.63) is 77.1 Å². The van der Waals surface area contributed by atoms with Gasteiger partial charge >= 0.3 is 6.11 Å². The van der Waals surface area contributed by atoms with E-state index >= 15 is 0 Å². The Bertz CT molecular complexity index is 891. The van der Waals surface area contributed by atoms with Crippen molar-refractivity contribution in [1.82, 2.24) is 0 Å². The number of hydrogen-bond donors (Lipinski definition) is 0. The van der Waals surface area contributed by atoms with Gasteiger partial charge in [0.1, 0.15) is 17.6 Å². The highest BCUT2D eigenvalue weighted by atomic mass is 19.3. The summed E-state index contributed by atoms with van der Waals surface area (Å²) in [6.45, 7) is 2.03. The van der Waals surface area contributed by atoms with Gasteiger partial charge in [-0.1, -0.05) is 24.3 Å². The Balaban J connectivity index is 1.64. The van der Waals surface area contributed by atoms with E-state index in [4.69, 9.17) is 10.00 Å². The van der Waals surface area contributed by atoms with Gasteiger partial charge in [0, 0.05) is 6.07 Å². The third-order valence-electron chi connectivity index (χ3n) is 5.58. The number of nitrogens with zero attached hydrogens (tertiary/aromatic N) is 1. The first kappa shape index (κ1) is 21.0. The minimum atomic E-state index is -3.59. The molecule has 1 fully saturated rings. The van der Waals surface area contributed by atoms with Crippen LogP contribution in [0.2, 0.25) is 0 Å². The predicted molar refractivity (Wildman–Crippen MR) is 106 cm³/mol. The smallest absolute Gasteiger partial charge is 0.426 e. The molecule has 0 bridgehead atoms. The number of rotatable bonds is 6. The van der Waals surface area contributed by atoms with Crippen molar-refractivity contribution in [3.8, 4) is 11.8 Å². The SMILES string of the molecule is C/C=C\C[C@H]1CC[C@H](c2ccc(C(F)(F)Oc3ccc(C#N)c(F)c3)cc2)CC1. The molecule has 152 valence electrons. The van der Waals surface area contributed by atoms with Crippen LogP contribution in [-0.4, -0.2) is 0 Å². The van der Waals surface area contributed by atoms with Crippen LogP contribution in [0.3, 0.4) is 0 Å². The fourth-order valence-electron chi connectivity index (χ4n) is 3.87. The molecule has 0 N–H and O–H groups in total. The average molecular weight is 399 g/mol. The monoisotopic (exact) mass is 399 g/mol. The second-order valence-electron chi connectivity index (χ2n) is 7.52. The number of hydrogen-bond acceptors (Lipinski definition) is 2. The summed E-state index contributed by atoms with van der Waals surface area (Å²) >= 11 is 0. The van der Waals surface area contributed by atoms with Crippen LogP contribution in [0, 0.1) is 23.1 Å². The van der Waals surface area contributed by atoms with Crippen molar-refractivity contribution in [2.75, 3.05) is 0 Å². The van der Waals surface area contributed by atoms with E-state index in [1.54, 1.807) is 18.2 Å². The van der Waals surface area contributed by atoms with Crippen molar-refractivity contribution in [2.45, 2.75) is 51.1 Å². The summed E-state index contributed by atoms with van der Waals surface area (Å²) in [4.78, 5) is 0. The fourth-order valence-corrected chi connectivity index (χ4v) is 3.87. The molecule has 0 amide bonds. The predicted octanol–water partition coefficient (Wildman–Crippen LogP) is 7.07. The van der Waals surface area contributed by atoms with E-state index in [2.05, 4.69) is 12.2 Å². The van der Waals surface area contributed by atoms with Crippen molar-refractivity contribution >= 4 is 0 Å². The molecule has 2 aromatic carbocycles. The lowest BCUT2D eigenvalue weighted by atomic mass is 9.77. The lowest BCUT2D eigenvalue weighted by Gasteiger charge is -2.28. The van der Waals surface area contributed by atoms with E-state index in [1.165, 1.54) is 12.1 Å². The quantitative estimate of drug-likeness (QED) is 0.487. The van der Waals surface area contributed by atoms with Gasteiger partial charge in [-0.15, -0.1) is 0 Å². The van der Waals surface area contributed by atoms with Gasteiger partial charge in [0.2, 0.25) is 0 Å². The molecule has 0 unspecified atom stereocenters. The van der Waals surface area contributed by atoms with Crippen molar-refractivity contribution < 1.29 is 17.9 Å². The molecule has 1 aliphatic carbocycles. The number of alkyl halides is 2. The molecule has 0 saturated heterocycles. The van der Waals surface area contributed by atoms with Crippen LogP contribution >= 0.6 is 0 Å². The molecule has 29 heavy (non-hydrogen) atoms. The van der Waals surface area contributed by atoms with Crippen molar-refractivity contribution in [2.24, 2.45) is 5.92 Å². The van der Waals surface area contributed by atoms with Crippen LogP contribution in [0.4, 0.5) is 13.2 Å². The molecular weight excluding hydrogens is 375 g/mol. The molecule has 5 heteroatoms. The number of halogens is 3. The lowest BCUT2D eigenvalue weighted by molar-refractivity contribution is -0.185. The van der Waals surface area contributed by atoms with Crippen LogP contribution in [0.25, 0.3) is 0 Å². The van der Waals surface area contributed by atoms with Crippen molar-refractivity contribution in [3.63, 3.8) is 0 Å². The zero-order chi connectivity index (χ0) is 20.9. The van der Waals surface area contributed by atoms with E-state index in [0.29, 0.717) is 11.8 Å². The van der Waals surface area contributed by atoms with Crippen LogP contribution in [0.1, 0.15) is 61.6 Å². The summed E-state index contributed by atoms with van der Waals surface area (Å²) in [6.07, 6.45) is 6.25. The summed E-state index contributed by atoms with van der Waals surface area (Å²) in [5, 5.41) is 8.72. The van der Waals surface area contributed by atoms with E-state index in [0.717, 1.165) is 55.9 Å². The van der Waals surface area contributed by atoms with Gasteiger partial charge in [-0.3, -0.25) is 0 Å². The van der Waals surface area contributed by atoms with Gasteiger partial charge in [-0.25, -0.2) is 4.39 Å². The van der Waals surface area contributed by atoms with Crippen LogP contribution in [-0.2, 0) is 6.11 Å². The molecule has 0 atom stereocenters. The topological polar surface area (TPSA) is 33.0 Å². The highest BCUT2D eigenvalue weighted by Gasteiger charge is 2.35. The Morgan fingerprint density at radius 2 is 1.79 bits per heavy atom. The van der Waals surface area contributed by atoms with Crippen LogP contribution < -0.4 is 4.74 Å². The molecule has 1 aliphatic rings. The maximum atomic E-state index is 14.5. The molecule has 0 aromatic heterocycles. The Morgan fingerprint density at radius 3 is 2.38 bits per heavy atom. The molecule has 0 heterocycles. The zero-order valence-corrected chi connectivity index (χ0v) is 16.4. The Kier molecular flexibility index (Phi) is 6.64. The summed E-state index contributed by atoms with van der Waals surface area (Å²) in [5.41, 5.74) is 0.566. The molecule has 3 rings (SSSR count). The second kappa shape index (κ2) is 9.17. The van der Waals surface area contributed by atoms with E-state index in [9.17, 15) is 13.2 Å². The first-order valence-electron chi connectivity index (χ1n) is 9.91. The average Bonchev–Trinajstić information content (AvgIpc) is 2.72. The number of benzene rings is 2. The molecule has 0 radical (unpaired) electrons. The van der Waals surface area contributed by atoms with Gasteiger partial charge < -0.3 is 4.74 Å². The summed E-state index contributed by atoms with van der Waals surface area (Å²) in [7, 11) is 0. The van der Waals surface area contributed by atoms with Gasteiger partial charge in [0.05, 0.1) is 11.1 Å². The highest BCUT2D eigenvalue weighted by molar-refractivity contribution is 5.37. The van der Waals surface area contributed by atoms with E-state index < -0.39 is 11.9 Å². The molecule has 1 saturated carbocycles. The normalized spacial score (nSPS) is 19.8. The first-order valence-corrected chi connectivity index (χ1v) is 9.91. The third-order valence-corrected chi connectivity index (χ3v) is 5.58. The van der Waals surface area contributed by atoms with Gasteiger partial charge in [-0.05, 0) is 80.7 Å². The van der Waals surface area contributed by atoms with Crippen molar-refractivity contribution in [1.29, 1.82) is 5.26 Å². The van der Waals surface area contributed by atoms with Gasteiger partial charge in [0.15, 0.2) is 0 Å². The summed E-state index contributed by atoms with van der Waals surface area (Å²) < 4.78 is 47.3. The molecule has 2 aromatic rings. The minimum Gasteiger partial charge on any atom is -0.429 e. The number of allylic oxidation sites excluding steroid dienone is 2. The first-order chi connectivity index (χ1) is 13.9. The standard InChI is InChI=1S/C24H24F3NO/c1-2-3-4-17-5-7-18(8-6-17)19-9-12-21(13-10-19)24(26,27)29-22-14-11-20(16-28)23(25)15-22/h2-3,9-15,17-18H,4-8H2,1H3/b3-2-/t17-,18-. The maximum absolute atomic E-state index is 14.5. The van der Waals surface area contributed by atoms with Crippen LogP contribution in [0.5, 0.6) is 5.75 Å². The van der Waals surface area contributed by atoms with Gasteiger partial charge in [0.25, 0.3) is 0 Å². The summed E-state index contributed by atoms with van der Waals surface area (Å²) in [5.74, 6) is -0.100. The Labute approximate surface area is 169 Å². The minimum absolute atomic E-state index is 0.217. The molecular formula is C24H24F3NO. The lowest BCUT2D eigenvalue weighted by Crippen LogP contribution is -2.22. The Hall–Kier alpha value is -2.74. The molecule has 0 aliphatic heterocycles. The second-order valence-corrected chi connectivity index (χ2v) is 7.52. The Morgan fingerprint density at radius 1 is 1.10 bits per heavy atom. The fraction of sp³-hybridized carbons (Fsp3) is 0.375. The maximum Gasteiger partial charge on any atom is 0.426 e. The van der Waals surface area contributed by atoms with Crippen LogP contribution in [0.15, 0.2) is 54.6 Å². The summed E-state index contributed by atoms with van der Waals surface area (Å²) in [6, 6.07) is 11.0. The van der Waals surface area contributed by atoms with Gasteiger partial charge in [-0.2, -0.15) is 14.0 Å². The molecule has 0 spiro atoms. The van der Waals surface area contributed by atoms with E-state index in [1.807, 2.05) is 6.92 Å². The number of ether oxygens (including phenoxy) is 1. The highest BCUT2D eigenvalue weighted by Crippen LogP contribution is 2.38.